The fourth-order valence-corrected chi connectivity index (χ4v) is 1.51. The van der Waals surface area contributed by atoms with Crippen LogP contribution in [0.4, 0.5) is 0 Å². The van der Waals surface area contributed by atoms with Gasteiger partial charge in [0.25, 0.3) is 0 Å². The van der Waals surface area contributed by atoms with Crippen LogP contribution in [0.15, 0.2) is 35.3 Å². The number of rotatable bonds is 2. The highest BCUT2D eigenvalue weighted by molar-refractivity contribution is 5.42. The fourth-order valence-electron chi connectivity index (χ4n) is 1.51. The van der Waals surface area contributed by atoms with Crippen LogP contribution >= 0.6 is 0 Å². The van der Waals surface area contributed by atoms with Gasteiger partial charge in [0, 0.05) is 11.9 Å². The number of benzene rings is 1. The lowest BCUT2D eigenvalue weighted by molar-refractivity contribution is -0.106. The molecule has 0 atom stereocenters. The Balaban J connectivity index is 0.000000492. The van der Waals surface area contributed by atoms with Crippen molar-refractivity contribution in [3.63, 3.8) is 0 Å². The second kappa shape index (κ2) is 6.29. The van der Waals surface area contributed by atoms with Gasteiger partial charge >= 0.3 is 5.69 Å². The highest BCUT2D eigenvalue weighted by Gasteiger charge is 2.04. The molecule has 1 aromatic carbocycles. The molecule has 0 spiro atoms. The summed E-state index contributed by atoms with van der Waals surface area (Å²) >= 11 is 0. The molecule has 0 fully saturated rings. The molecule has 18 heavy (non-hydrogen) atoms. The third-order valence-electron chi connectivity index (χ3n) is 2.29. The molecule has 1 amide bonds. The van der Waals surface area contributed by atoms with Crippen molar-refractivity contribution in [3.05, 3.63) is 46.6 Å². The second-order valence-corrected chi connectivity index (χ2v) is 3.40. The van der Waals surface area contributed by atoms with E-state index in [1.54, 1.807) is 17.9 Å². The zero-order valence-corrected chi connectivity index (χ0v) is 10.2. The monoisotopic (exact) mass is 249 g/mol. The number of H-pyrrole nitrogens is 1. The van der Waals surface area contributed by atoms with Crippen LogP contribution in [0.2, 0.25) is 0 Å². The van der Waals surface area contributed by atoms with Crippen LogP contribution < -0.4 is 16.2 Å². The molecular weight excluding hydrogens is 234 g/mol. The molecule has 3 N–H and O–H groups in total. The first kappa shape index (κ1) is 13.6. The standard InChI is InChI=1S/C11H12N2O2.CH3NO/c1-8-7-12-11(14)13(8)9-3-5-10(15-2)6-4-9;2-1-3/h3-7H,1-2H3,(H,12,14);1H,(H2,2,3). The minimum atomic E-state index is -0.127. The van der Waals surface area contributed by atoms with E-state index in [-0.39, 0.29) is 12.1 Å². The zero-order valence-electron chi connectivity index (χ0n) is 10.2. The van der Waals surface area contributed by atoms with Crippen molar-refractivity contribution in [2.24, 2.45) is 5.73 Å². The maximum Gasteiger partial charge on any atom is 0.330 e. The number of carbonyl (C=O) groups excluding carboxylic acids is 1. The van der Waals surface area contributed by atoms with E-state index in [0.717, 1.165) is 17.1 Å². The van der Waals surface area contributed by atoms with Gasteiger partial charge < -0.3 is 15.5 Å². The number of nitrogens with one attached hydrogen (secondary N) is 1. The number of primary amides is 1. The number of aryl methyl sites for hydroxylation is 1. The molecule has 0 bridgehead atoms. The van der Waals surface area contributed by atoms with Gasteiger partial charge in [0.2, 0.25) is 6.41 Å². The van der Waals surface area contributed by atoms with E-state index in [9.17, 15) is 4.79 Å². The van der Waals surface area contributed by atoms with Gasteiger partial charge in [-0.1, -0.05) is 0 Å². The average molecular weight is 249 g/mol. The number of aromatic nitrogens is 2. The van der Waals surface area contributed by atoms with E-state index in [4.69, 9.17) is 9.53 Å². The summed E-state index contributed by atoms with van der Waals surface area (Å²) in [4.78, 5) is 22.7. The first-order chi connectivity index (χ1) is 8.63. The Morgan fingerprint density at radius 3 is 2.28 bits per heavy atom. The summed E-state index contributed by atoms with van der Waals surface area (Å²) in [6.07, 6.45) is 1.94. The summed E-state index contributed by atoms with van der Waals surface area (Å²) in [5.74, 6) is 0.778. The Morgan fingerprint density at radius 2 is 1.89 bits per heavy atom. The van der Waals surface area contributed by atoms with Gasteiger partial charge in [-0.25, -0.2) is 4.79 Å². The maximum atomic E-state index is 11.5. The summed E-state index contributed by atoms with van der Waals surface area (Å²) in [5, 5.41) is 0. The van der Waals surface area contributed by atoms with Gasteiger partial charge in [-0.3, -0.25) is 9.36 Å². The van der Waals surface area contributed by atoms with Gasteiger partial charge in [0.1, 0.15) is 5.75 Å². The van der Waals surface area contributed by atoms with Crippen molar-refractivity contribution < 1.29 is 9.53 Å². The topological polar surface area (TPSA) is 90.1 Å². The first-order valence-electron chi connectivity index (χ1n) is 5.21. The number of aromatic amines is 1. The smallest absolute Gasteiger partial charge is 0.330 e. The molecule has 0 saturated heterocycles. The van der Waals surface area contributed by atoms with Crippen LogP contribution in [0, 0.1) is 6.92 Å². The summed E-state index contributed by atoms with van der Waals surface area (Å²) in [6.45, 7) is 1.88. The predicted octanol–water partition coefficient (Wildman–Crippen LogP) is 0.584. The summed E-state index contributed by atoms with van der Waals surface area (Å²) in [6, 6.07) is 7.35. The number of amides is 1. The molecule has 0 aliphatic carbocycles. The molecule has 0 aliphatic rings. The zero-order chi connectivity index (χ0) is 13.5. The van der Waals surface area contributed by atoms with Gasteiger partial charge in [-0.05, 0) is 31.2 Å². The lowest BCUT2D eigenvalue weighted by Gasteiger charge is -2.04. The Morgan fingerprint density at radius 1 is 1.33 bits per heavy atom. The quantitative estimate of drug-likeness (QED) is 0.763. The summed E-state index contributed by atoms with van der Waals surface area (Å²) in [7, 11) is 1.61. The van der Waals surface area contributed by atoms with Gasteiger partial charge in [0.05, 0.1) is 12.8 Å². The van der Waals surface area contributed by atoms with E-state index < -0.39 is 0 Å². The Bertz CT molecular complexity index is 555. The van der Waals surface area contributed by atoms with E-state index >= 15 is 0 Å². The molecule has 0 radical (unpaired) electrons. The number of nitrogens with zero attached hydrogens (tertiary/aromatic N) is 1. The summed E-state index contributed by atoms with van der Waals surface area (Å²) < 4.78 is 6.66. The maximum absolute atomic E-state index is 11.5. The minimum absolute atomic E-state index is 0.127. The molecule has 6 nitrogen and oxygen atoms in total. The molecule has 1 heterocycles. The average Bonchev–Trinajstić information content (AvgIpc) is 2.70. The second-order valence-electron chi connectivity index (χ2n) is 3.40. The number of hydrogen-bond donors (Lipinski definition) is 2. The largest absolute Gasteiger partial charge is 0.497 e. The summed E-state index contributed by atoms with van der Waals surface area (Å²) in [5.41, 5.74) is 5.75. The molecule has 0 unspecified atom stereocenters. The van der Waals surface area contributed by atoms with Crippen LogP contribution in [0.5, 0.6) is 5.75 Å². The number of hydrogen-bond acceptors (Lipinski definition) is 3. The third-order valence-corrected chi connectivity index (χ3v) is 2.29. The van der Waals surface area contributed by atoms with Crippen LogP contribution in [0.25, 0.3) is 5.69 Å². The fraction of sp³-hybridized carbons (Fsp3) is 0.167. The highest BCUT2D eigenvalue weighted by Crippen LogP contribution is 2.14. The van der Waals surface area contributed by atoms with Gasteiger partial charge in [-0.2, -0.15) is 0 Å². The number of imidazole rings is 1. The highest BCUT2D eigenvalue weighted by atomic mass is 16.5. The number of methoxy groups -OCH3 is 1. The van der Waals surface area contributed by atoms with E-state index in [1.165, 1.54) is 0 Å². The predicted molar refractivity (Wildman–Crippen MR) is 67.9 cm³/mol. The normalized spacial score (nSPS) is 9.22. The van der Waals surface area contributed by atoms with Crippen LogP contribution in [-0.2, 0) is 4.79 Å². The number of ether oxygens (including phenoxy) is 1. The Labute approximate surface area is 104 Å². The van der Waals surface area contributed by atoms with Crippen molar-refractivity contribution in [2.75, 3.05) is 7.11 Å². The number of carbonyl (C=O) groups is 1. The number of nitrogens with two attached hydrogens (primary N) is 1. The van der Waals surface area contributed by atoms with Crippen molar-refractivity contribution in [1.82, 2.24) is 9.55 Å². The SMILES string of the molecule is COc1ccc(-n2c(C)c[nH]c2=O)cc1.NC=O. The van der Waals surface area contributed by atoms with E-state index in [1.807, 2.05) is 31.2 Å². The third kappa shape index (κ3) is 3.00. The van der Waals surface area contributed by atoms with Crippen molar-refractivity contribution in [2.45, 2.75) is 6.92 Å². The van der Waals surface area contributed by atoms with Crippen molar-refractivity contribution >= 4 is 6.41 Å². The lowest BCUT2D eigenvalue weighted by Crippen LogP contribution is -2.15. The minimum Gasteiger partial charge on any atom is -0.497 e. The Kier molecular flexibility index (Phi) is 4.74. The molecule has 0 aliphatic heterocycles. The van der Waals surface area contributed by atoms with Crippen LogP contribution in [-0.4, -0.2) is 23.1 Å². The van der Waals surface area contributed by atoms with Crippen LogP contribution in [0.3, 0.4) is 0 Å². The van der Waals surface area contributed by atoms with Crippen LogP contribution in [0.1, 0.15) is 5.69 Å². The molecule has 1 aromatic heterocycles. The molecule has 96 valence electrons. The van der Waals surface area contributed by atoms with Gasteiger partial charge in [-0.15, -0.1) is 0 Å². The molecule has 2 aromatic rings. The van der Waals surface area contributed by atoms with E-state index in [0.29, 0.717) is 0 Å². The van der Waals surface area contributed by atoms with Gasteiger partial charge in [0.15, 0.2) is 0 Å². The molecule has 6 heteroatoms. The lowest BCUT2D eigenvalue weighted by atomic mass is 10.3. The van der Waals surface area contributed by atoms with Crippen molar-refractivity contribution in [3.8, 4) is 11.4 Å². The first-order valence-corrected chi connectivity index (χ1v) is 5.21. The molecular formula is C12H15N3O3. The van der Waals surface area contributed by atoms with E-state index in [2.05, 4.69) is 10.7 Å². The molecule has 0 saturated carbocycles. The van der Waals surface area contributed by atoms with Crippen molar-refractivity contribution in [1.29, 1.82) is 0 Å². The Hall–Kier alpha value is -2.50. The molecule has 2 rings (SSSR count).